The molecule has 3 atom stereocenters. The zero-order valence-electron chi connectivity index (χ0n) is 34.5. The molecule has 0 aliphatic heterocycles. The van der Waals surface area contributed by atoms with Gasteiger partial charge in [-0.25, -0.2) is 0 Å². The van der Waals surface area contributed by atoms with Gasteiger partial charge in [0.2, 0.25) is 0 Å². The molecule has 0 radical (unpaired) electrons. The smallest absolute Gasteiger partial charge is 0.110 e. The summed E-state index contributed by atoms with van der Waals surface area (Å²) in [5.41, 5.74) is 17.3. The van der Waals surface area contributed by atoms with Gasteiger partial charge in [-0.2, -0.15) is 48.5 Å². The summed E-state index contributed by atoms with van der Waals surface area (Å²) in [6, 6.07) is 78.5. The Morgan fingerprint density at radius 3 is 1.40 bits per heavy atom. The number of hydrogen-bond donors (Lipinski definition) is 0. The Bertz CT molecular complexity index is 2490. The molecule has 10 rings (SSSR count). The summed E-state index contributed by atoms with van der Waals surface area (Å²) in [7, 11) is 3.84. The molecule has 0 bridgehead atoms. The topological polar surface area (TPSA) is 60.5 Å². The molecule has 1 heterocycles. The molecule has 1 fully saturated rings. The summed E-state index contributed by atoms with van der Waals surface area (Å²) in [4.78, 5) is 3.78. The molecule has 1 aromatic heterocycles. The first kappa shape index (κ1) is 46.6. The Morgan fingerprint density at radius 2 is 0.952 bits per heavy atom. The van der Waals surface area contributed by atoms with E-state index in [9.17, 15) is 0 Å². The van der Waals surface area contributed by atoms with Crippen LogP contribution in [0.15, 0.2) is 225 Å². The van der Waals surface area contributed by atoms with Crippen LogP contribution in [0.4, 0.5) is 0 Å². The van der Waals surface area contributed by atoms with Gasteiger partial charge < -0.3 is 11.5 Å². The van der Waals surface area contributed by atoms with E-state index in [-0.39, 0.29) is 12.1 Å². The standard InChI is InChI=1S/C38H28P2.C6H12N2.C6H5.C5H5N.ClH.Ru/c1-4-16-30(17-5-1)39-35-26-24-28-14-10-12-22-33(28)37(35)38-34-23-13-11-15-29(34)25-27-36(38)40(31-18-6-2-7-19-31)32-20-8-3-9-21-32;7-5-3-1-2-4-6(5)8;2*1-2-4-6-5-3-1;;/h1-27,39H;5-8H,1-4H2;2*1-5H;1H;/q;-2;-1;;;+4. The molecular weight excluding hydrogens is 901 g/mol. The minimum Gasteiger partial charge on any atom is -0.676 e. The molecule has 0 spiro atoms. The number of rotatable bonds is 6. The van der Waals surface area contributed by atoms with E-state index in [1.807, 2.05) is 65.8 Å². The molecule has 3 unspecified atom stereocenters. The van der Waals surface area contributed by atoms with E-state index < -0.39 is 7.92 Å². The van der Waals surface area contributed by atoms with Gasteiger partial charge in [-0.1, -0.05) is 174 Å². The maximum Gasteiger partial charge on any atom is 0.110 e. The van der Waals surface area contributed by atoms with E-state index in [0.717, 1.165) is 12.8 Å². The van der Waals surface area contributed by atoms with Gasteiger partial charge >= 0.3 is 27.0 Å². The molecule has 1 saturated carbocycles. The van der Waals surface area contributed by atoms with Crippen LogP contribution in [0.2, 0.25) is 0 Å². The first-order chi connectivity index (χ1) is 30.7. The number of nitrogens with one attached hydrogen (secondary N) is 2. The molecule has 1 aliphatic carbocycles. The number of benzene rings is 8. The van der Waals surface area contributed by atoms with Crippen LogP contribution in [0.1, 0.15) is 25.7 Å². The van der Waals surface area contributed by atoms with Gasteiger partial charge in [0, 0.05) is 23.5 Å². The van der Waals surface area contributed by atoms with Crippen molar-refractivity contribution >= 4 is 74.3 Å². The van der Waals surface area contributed by atoms with Gasteiger partial charge in [0.25, 0.3) is 0 Å². The van der Waals surface area contributed by atoms with Gasteiger partial charge in [0.1, 0.15) is 15.9 Å². The number of pyridine rings is 1. The van der Waals surface area contributed by atoms with Crippen molar-refractivity contribution in [1.29, 1.82) is 0 Å². The Hall–Kier alpha value is -4.88. The minimum absolute atomic E-state index is 0.0799. The van der Waals surface area contributed by atoms with Crippen molar-refractivity contribution in [2.75, 3.05) is 0 Å². The van der Waals surface area contributed by atoms with Crippen molar-refractivity contribution in [3.8, 4) is 11.1 Å². The first-order valence-electron chi connectivity index (χ1n) is 20.8. The molecular formula is C55H51ClN3P2Ru+. The number of hydrogen-bond acceptors (Lipinski definition) is 1. The summed E-state index contributed by atoms with van der Waals surface area (Å²) in [5, 5.41) is 12.2. The number of aromatic nitrogens is 1. The summed E-state index contributed by atoms with van der Waals surface area (Å²) < 4.78 is 0. The third kappa shape index (κ3) is 13.3. The molecule has 310 valence electrons. The molecule has 0 amide bonds. The molecule has 9 aromatic rings. The molecule has 0 saturated heterocycles. The van der Waals surface area contributed by atoms with Crippen LogP contribution in [0.5, 0.6) is 0 Å². The average molecular weight is 953 g/mol. The maximum absolute atomic E-state index is 7.29. The van der Waals surface area contributed by atoms with Crippen molar-refractivity contribution in [1.82, 2.24) is 4.98 Å². The quantitative estimate of drug-likeness (QED) is 0.0930. The van der Waals surface area contributed by atoms with Crippen molar-refractivity contribution in [2.45, 2.75) is 37.8 Å². The molecule has 2 N–H and O–H groups in total. The minimum atomic E-state index is -1.30. The Kier molecular flexibility index (Phi) is 19.5. The van der Waals surface area contributed by atoms with E-state index in [0.29, 0.717) is 8.58 Å². The third-order valence-electron chi connectivity index (χ3n) is 10.5. The number of halogens is 1. The second-order valence-corrected chi connectivity index (χ2v) is 18.4. The van der Waals surface area contributed by atoms with Crippen LogP contribution in [0, 0.1) is 6.07 Å². The van der Waals surface area contributed by atoms with E-state index in [1.165, 1.54) is 72.0 Å². The second-order valence-electron chi connectivity index (χ2n) is 14.6. The average Bonchev–Trinajstić information content (AvgIpc) is 3.36. The third-order valence-corrected chi connectivity index (χ3v) is 14.6. The van der Waals surface area contributed by atoms with Gasteiger partial charge in [-0.15, -0.1) is 0 Å². The predicted octanol–water partition coefficient (Wildman–Crippen LogP) is 13.4. The van der Waals surface area contributed by atoms with Crippen LogP contribution in [0.3, 0.4) is 0 Å². The van der Waals surface area contributed by atoms with Crippen molar-refractivity contribution in [3.63, 3.8) is 0 Å². The molecule has 7 heteroatoms. The summed E-state index contributed by atoms with van der Waals surface area (Å²) in [6.07, 6.45) is 7.75. The van der Waals surface area contributed by atoms with Crippen LogP contribution in [-0.4, -0.2) is 17.1 Å². The van der Waals surface area contributed by atoms with E-state index in [4.69, 9.17) is 11.5 Å². The van der Waals surface area contributed by atoms with Crippen LogP contribution in [-0.2, 0) is 17.3 Å². The Morgan fingerprint density at radius 1 is 0.500 bits per heavy atom. The predicted molar refractivity (Wildman–Crippen MR) is 271 cm³/mol. The zero-order valence-corrected chi connectivity index (χ0v) is 39.0. The van der Waals surface area contributed by atoms with Crippen LogP contribution < -0.4 is 26.5 Å². The van der Waals surface area contributed by atoms with Crippen molar-refractivity contribution < 1.29 is 17.3 Å². The van der Waals surface area contributed by atoms with Gasteiger partial charge in [-0.05, 0) is 74.6 Å². The summed E-state index contributed by atoms with van der Waals surface area (Å²) >= 11 is 1.82. The first-order valence-corrected chi connectivity index (χ1v) is 25.6. The Labute approximate surface area is 385 Å². The van der Waals surface area contributed by atoms with Crippen LogP contribution in [0.25, 0.3) is 44.1 Å². The monoisotopic (exact) mass is 952 g/mol. The fourth-order valence-electron chi connectivity index (χ4n) is 7.54. The Balaban J connectivity index is 0.000000236. The van der Waals surface area contributed by atoms with Crippen LogP contribution >= 0.6 is 26.2 Å². The molecule has 3 nitrogen and oxygen atoms in total. The van der Waals surface area contributed by atoms with Crippen molar-refractivity contribution in [3.05, 3.63) is 242 Å². The second kappa shape index (κ2) is 25.9. The van der Waals surface area contributed by atoms with Crippen molar-refractivity contribution in [2.24, 2.45) is 0 Å². The maximum atomic E-state index is 7.29. The molecule has 8 aromatic carbocycles. The van der Waals surface area contributed by atoms with E-state index in [2.05, 4.69) is 185 Å². The summed E-state index contributed by atoms with van der Waals surface area (Å²) in [5.74, 6) is 0. The van der Waals surface area contributed by atoms with Gasteiger partial charge in [0.05, 0.1) is 7.92 Å². The van der Waals surface area contributed by atoms with E-state index in [1.54, 1.807) is 12.4 Å². The SMILES string of the molecule is [Cl][Ru+3].[NH-]C1CCCCC1[NH-].[c-]1ccccc1.c1ccc(Pc2ccc3ccccc3c2-c2c([PH+](c3ccccc3)c3ccccc3)ccc3ccccc23)cc1.c1ccncc1. The molecule has 62 heavy (non-hydrogen) atoms. The zero-order chi connectivity index (χ0) is 43.2. The largest absolute Gasteiger partial charge is 0.676 e. The normalized spacial score (nSPS) is 14.3. The fourth-order valence-corrected chi connectivity index (χ4v) is 11.5. The number of nitrogens with zero attached hydrogens (tertiary/aromatic N) is 1. The van der Waals surface area contributed by atoms with E-state index >= 15 is 0 Å². The van der Waals surface area contributed by atoms with Gasteiger partial charge in [-0.3, -0.25) is 4.98 Å². The molecule has 1 aliphatic rings. The number of fused-ring (bicyclic) bond motifs is 2. The fraction of sp³-hybridized carbons (Fsp3) is 0.109. The van der Waals surface area contributed by atoms with Gasteiger partial charge in [0.15, 0.2) is 0 Å². The summed E-state index contributed by atoms with van der Waals surface area (Å²) in [6.45, 7) is 0.